The number of hydrogen-bond acceptors (Lipinski definition) is 3. The minimum atomic E-state index is -0.324. The molecule has 0 heterocycles. The summed E-state index contributed by atoms with van der Waals surface area (Å²) in [4.78, 5) is 24.0. The predicted octanol–water partition coefficient (Wildman–Crippen LogP) is 3.90. The van der Waals surface area contributed by atoms with Gasteiger partial charge in [-0.25, -0.2) is 4.39 Å². The van der Waals surface area contributed by atoms with Crippen LogP contribution in [-0.4, -0.2) is 17.1 Å². The van der Waals surface area contributed by atoms with Crippen LogP contribution in [0.5, 0.6) is 0 Å². The third-order valence-electron chi connectivity index (χ3n) is 2.97. The standard InChI is InChI=1S/C17H17FN2O2S/c1-11(23-16-9-3-13(18)4-10-16)17(22)20-15-7-5-14(6-8-15)19-12(2)21/h3-11H,1-2H3,(H,19,21)(H,20,22)/t11-/m1/s1. The van der Waals surface area contributed by atoms with Gasteiger partial charge in [0.25, 0.3) is 0 Å². The molecule has 2 N–H and O–H groups in total. The van der Waals surface area contributed by atoms with Crippen LogP contribution in [0.3, 0.4) is 0 Å². The van der Waals surface area contributed by atoms with Crippen LogP contribution in [0.4, 0.5) is 15.8 Å². The van der Waals surface area contributed by atoms with Crippen molar-refractivity contribution in [3.05, 3.63) is 54.3 Å². The minimum absolute atomic E-state index is 0.147. The number of hydrogen-bond donors (Lipinski definition) is 2. The molecule has 0 unspecified atom stereocenters. The van der Waals surface area contributed by atoms with Gasteiger partial charge in [-0.3, -0.25) is 9.59 Å². The monoisotopic (exact) mass is 332 g/mol. The molecule has 0 aliphatic heterocycles. The molecule has 0 saturated carbocycles. The fraction of sp³-hybridized carbons (Fsp3) is 0.176. The quantitative estimate of drug-likeness (QED) is 0.816. The molecule has 0 saturated heterocycles. The van der Waals surface area contributed by atoms with Crippen molar-refractivity contribution in [2.75, 3.05) is 10.6 Å². The smallest absolute Gasteiger partial charge is 0.237 e. The molecule has 2 amide bonds. The van der Waals surface area contributed by atoms with Gasteiger partial charge in [0.15, 0.2) is 0 Å². The molecule has 0 aliphatic carbocycles. The fourth-order valence-electron chi connectivity index (χ4n) is 1.85. The Morgan fingerprint density at radius 1 is 0.957 bits per heavy atom. The van der Waals surface area contributed by atoms with Crippen molar-refractivity contribution in [2.45, 2.75) is 24.0 Å². The Morgan fingerprint density at radius 3 is 2.00 bits per heavy atom. The van der Waals surface area contributed by atoms with Gasteiger partial charge in [-0.15, -0.1) is 11.8 Å². The first-order chi connectivity index (χ1) is 10.9. The highest BCUT2D eigenvalue weighted by molar-refractivity contribution is 8.00. The van der Waals surface area contributed by atoms with Gasteiger partial charge in [0.2, 0.25) is 11.8 Å². The van der Waals surface area contributed by atoms with Crippen molar-refractivity contribution < 1.29 is 14.0 Å². The van der Waals surface area contributed by atoms with Crippen LogP contribution in [0.25, 0.3) is 0 Å². The van der Waals surface area contributed by atoms with E-state index in [0.29, 0.717) is 11.4 Å². The summed E-state index contributed by atoms with van der Waals surface area (Å²) in [5, 5.41) is 5.14. The molecule has 0 aliphatic rings. The van der Waals surface area contributed by atoms with Crippen LogP contribution in [-0.2, 0) is 9.59 Å². The third-order valence-corrected chi connectivity index (χ3v) is 4.08. The summed E-state index contributed by atoms with van der Waals surface area (Å²) in [5.74, 6) is -0.594. The van der Waals surface area contributed by atoms with Crippen LogP contribution in [0.2, 0.25) is 0 Å². The van der Waals surface area contributed by atoms with E-state index in [4.69, 9.17) is 0 Å². The van der Waals surface area contributed by atoms with Crippen molar-refractivity contribution in [3.63, 3.8) is 0 Å². The van der Waals surface area contributed by atoms with Gasteiger partial charge in [0.05, 0.1) is 5.25 Å². The first-order valence-electron chi connectivity index (χ1n) is 7.05. The average molecular weight is 332 g/mol. The molecule has 120 valence electrons. The van der Waals surface area contributed by atoms with E-state index in [1.165, 1.54) is 30.8 Å². The van der Waals surface area contributed by atoms with Crippen LogP contribution < -0.4 is 10.6 Å². The second-order valence-electron chi connectivity index (χ2n) is 4.96. The van der Waals surface area contributed by atoms with Crippen LogP contribution in [0.15, 0.2) is 53.4 Å². The Morgan fingerprint density at radius 2 is 1.48 bits per heavy atom. The Labute approximate surface area is 138 Å². The molecule has 0 radical (unpaired) electrons. The maximum Gasteiger partial charge on any atom is 0.237 e. The Balaban J connectivity index is 1.92. The van der Waals surface area contributed by atoms with Crippen molar-refractivity contribution >= 4 is 35.0 Å². The molecule has 4 nitrogen and oxygen atoms in total. The topological polar surface area (TPSA) is 58.2 Å². The molecular weight excluding hydrogens is 315 g/mol. The third kappa shape index (κ3) is 5.41. The summed E-state index contributed by atoms with van der Waals surface area (Å²) in [5.41, 5.74) is 1.32. The van der Waals surface area contributed by atoms with Crippen LogP contribution in [0.1, 0.15) is 13.8 Å². The Hall–Kier alpha value is -2.34. The number of thioether (sulfide) groups is 1. The molecule has 0 fully saturated rings. The zero-order valence-electron chi connectivity index (χ0n) is 12.8. The van der Waals surface area contributed by atoms with E-state index in [2.05, 4.69) is 10.6 Å². The predicted molar refractivity (Wildman–Crippen MR) is 91.1 cm³/mol. The molecule has 0 bridgehead atoms. The highest BCUT2D eigenvalue weighted by Crippen LogP contribution is 2.24. The normalized spacial score (nSPS) is 11.6. The molecule has 23 heavy (non-hydrogen) atoms. The molecular formula is C17H17FN2O2S. The summed E-state index contributed by atoms with van der Waals surface area (Å²) >= 11 is 1.36. The number of rotatable bonds is 5. The van der Waals surface area contributed by atoms with E-state index in [-0.39, 0.29) is 22.9 Å². The van der Waals surface area contributed by atoms with E-state index in [1.807, 2.05) is 0 Å². The van der Waals surface area contributed by atoms with Gasteiger partial charge in [-0.1, -0.05) is 0 Å². The van der Waals surface area contributed by atoms with E-state index in [0.717, 1.165) is 4.90 Å². The summed E-state index contributed by atoms with van der Waals surface area (Å²) in [7, 11) is 0. The number of carbonyl (C=O) groups excluding carboxylic acids is 2. The Kier molecular flexibility index (Phi) is 5.76. The van der Waals surface area contributed by atoms with Crippen LogP contribution >= 0.6 is 11.8 Å². The molecule has 0 aromatic heterocycles. The van der Waals surface area contributed by atoms with Crippen molar-refractivity contribution in [3.8, 4) is 0 Å². The average Bonchev–Trinajstić information content (AvgIpc) is 2.51. The summed E-state index contributed by atoms with van der Waals surface area (Å²) in [6.07, 6.45) is 0. The lowest BCUT2D eigenvalue weighted by Gasteiger charge is -2.12. The van der Waals surface area contributed by atoms with Crippen LogP contribution in [0, 0.1) is 5.82 Å². The lowest BCUT2D eigenvalue weighted by atomic mass is 10.2. The minimum Gasteiger partial charge on any atom is -0.326 e. The zero-order valence-corrected chi connectivity index (χ0v) is 13.6. The summed E-state index contributed by atoms with van der Waals surface area (Å²) < 4.78 is 12.9. The van der Waals surface area contributed by atoms with Gasteiger partial charge < -0.3 is 10.6 Å². The lowest BCUT2D eigenvalue weighted by molar-refractivity contribution is -0.115. The Bertz CT molecular complexity index is 687. The second kappa shape index (κ2) is 7.78. The first kappa shape index (κ1) is 17.0. The van der Waals surface area contributed by atoms with E-state index in [1.54, 1.807) is 43.3 Å². The molecule has 2 rings (SSSR count). The number of benzene rings is 2. The maximum atomic E-state index is 12.9. The first-order valence-corrected chi connectivity index (χ1v) is 7.93. The zero-order chi connectivity index (χ0) is 16.8. The van der Waals surface area contributed by atoms with Crippen molar-refractivity contribution in [2.24, 2.45) is 0 Å². The van der Waals surface area contributed by atoms with Gasteiger partial charge in [0.1, 0.15) is 5.82 Å². The van der Waals surface area contributed by atoms with E-state index >= 15 is 0 Å². The van der Waals surface area contributed by atoms with Gasteiger partial charge in [-0.05, 0) is 55.5 Å². The second-order valence-corrected chi connectivity index (χ2v) is 6.38. The number of anilines is 2. The largest absolute Gasteiger partial charge is 0.326 e. The molecule has 0 spiro atoms. The fourth-order valence-corrected chi connectivity index (χ4v) is 2.72. The number of amides is 2. The van der Waals surface area contributed by atoms with Crippen molar-refractivity contribution in [1.82, 2.24) is 0 Å². The molecule has 1 atom stereocenters. The number of nitrogens with one attached hydrogen (secondary N) is 2. The van der Waals surface area contributed by atoms with Crippen molar-refractivity contribution in [1.29, 1.82) is 0 Å². The molecule has 6 heteroatoms. The highest BCUT2D eigenvalue weighted by atomic mass is 32.2. The maximum absolute atomic E-state index is 12.9. The van der Waals surface area contributed by atoms with E-state index < -0.39 is 0 Å². The summed E-state index contributed by atoms with van der Waals surface area (Å²) in [6, 6.07) is 12.9. The summed E-state index contributed by atoms with van der Waals surface area (Å²) in [6.45, 7) is 3.22. The van der Waals surface area contributed by atoms with Gasteiger partial charge >= 0.3 is 0 Å². The van der Waals surface area contributed by atoms with E-state index in [9.17, 15) is 14.0 Å². The lowest BCUT2D eigenvalue weighted by Crippen LogP contribution is -2.22. The highest BCUT2D eigenvalue weighted by Gasteiger charge is 2.14. The molecule has 2 aromatic rings. The number of carbonyl (C=O) groups is 2. The van der Waals surface area contributed by atoms with Gasteiger partial charge in [-0.2, -0.15) is 0 Å². The van der Waals surface area contributed by atoms with Gasteiger partial charge in [0, 0.05) is 23.2 Å². The molecule has 2 aromatic carbocycles. The SMILES string of the molecule is CC(=O)Nc1ccc(NC(=O)[C@@H](C)Sc2ccc(F)cc2)cc1. The number of halogens is 1.